The van der Waals surface area contributed by atoms with E-state index in [0.29, 0.717) is 17.5 Å². The molecule has 0 aliphatic rings. The Balaban J connectivity index is 2.36. The van der Waals surface area contributed by atoms with Gasteiger partial charge in [-0.2, -0.15) is 0 Å². The van der Waals surface area contributed by atoms with E-state index in [0.717, 1.165) is 18.4 Å². The monoisotopic (exact) mass is 285 g/mol. The maximum atomic E-state index is 9.59. The zero-order valence-corrected chi connectivity index (χ0v) is 12.6. The van der Waals surface area contributed by atoms with Gasteiger partial charge in [-0.1, -0.05) is 32.0 Å². The van der Waals surface area contributed by atoms with E-state index < -0.39 is 0 Å². The van der Waals surface area contributed by atoms with Crippen LogP contribution in [0.3, 0.4) is 0 Å². The summed E-state index contributed by atoms with van der Waals surface area (Å²) in [6.45, 7) is 4.33. The molecule has 0 aromatic heterocycles. The van der Waals surface area contributed by atoms with Crippen LogP contribution < -0.4 is 5.73 Å². The maximum absolute atomic E-state index is 9.59. The van der Waals surface area contributed by atoms with Gasteiger partial charge in [-0.3, -0.25) is 0 Å². The fourth-order valence-corrected chi connectivity index (χ4v) is 3.03. The fourth-order valence-electron chi connectivity index (χ4n) is 3.03. The van der Waals surface area contributed by atoms with E-state index in [9.17, 15) is 10.2 Å². The van der Waals surface area contributed by atoms with Gasteiger partial charge >= 0.3 is 0 Å². The molecule has 4 N–H and O–H groups in total. The van der Waals surface area contributed by atoms with Crippen molar-refractivity contribution in [3.05, 3.63) is 53.6 Å². The summed E-state index contributed by atoms with van der Waals surface area (Å²) in [5, 5.41) is 19.0. The minimum absolute atomic E-state index is 0.131. The first-order valence-electron chi connectivity index (χ1n) is 7.44. The molecule has 3 nitrogen and oxygen atoms in total. The van der Waals surface area contributed by atoms with Crippen molar-refractivity contribution >= 4 is 5.69 Å². The molecule has 2 rings (SSSR count). The zero-order valence-electron chi connectivity index (χ0n) is 12.6. The quantitative estimate of drug-likeness (QED) is 0.564. The minimum Gasteiger partial charge on any atom is -0.508 e. The summed E-state index contributed by atoms with van der Waals surface area (Å²) in [4.78, 5) is 0. The Bertz CT molecular complexity index is 593. The Labute approximate surface area is 126 Å². The summed E-state index contributed by atoms with van der Waals surface area (Å²) >= 11 is 0. The van der Waals surface area contributed by atoms with Gasteiger partial charge in [-0.15, -0.1) is 0 Å². The van der Waals surface area contributed by atoms with Gasteiger partial charge in [0.05, 0.1) is 5.69 Å². The van der Waals surface area contributed by atoms with E-state index in [1.165, 1.54) is 5.56 Å². The Kier molecular flexibility index (Phi) is 4.73. The van der Waals surface area contributed by atoms with Gasteiger partial charge in [0.15, 0.2) is 0 Å². The van der Waals surface area contributed by atoms with E-state index in [1.54, 1.807) is 18.2 Å². The van der Waals surface area contributed by atoms with Crippen LogP contribution in [0, 0.1) is 0 Å². The standard InChI is InChI=1S/C18H23NO2/c1-3-15(12-5-8-14(20)9-6-12)16(4-2)13-7-10-18(21)17(19)11-13/h5-11,15-16,20-21H,3-4,19H2,1-2H3. The number of aromatic hydroxyl groups is 2. The molecule has 2 aromatic rings. The van der Waals surface area contributed by atoms with Gasteiger partial charge in [0.25, 0.3) is 0 Å². The molecule has 0 radical (unpaired) electrons. The molecule has 0 saturated carbocycles. The number of nitrogen functional groups attached to an aromatic ring is 1. The third-order valence-electron chi connectivity index (χ3n) is 4.17. The molecule has 0 amide bonds. The largest absolute Gasteiger partial charge is 0.508 e. The molecule has 0 saturated heterocycles. The summed E-state index contributed by atoms with van der Waals surface area (Å²) in [6, 6.07) is 12.9. The predicted octanol–water partition coefficient (Wildman–Crippen LogP) is 4.37. The Morgan fingerprint density at radius 1 is 0.857 bits per heavy atom. The first-order chi connectivity index (χ1) is 10.1. The molecule has 2 unspecified atom stereocenters. The highest BCUT2D eigenvalue weighted by atomic mass is 16.3. The number of rotatable bonds is 5. The summed E-state index contributed by atoms with van der Waals surface area (Å²) in [7, 11) is 0. The van der Waals surface area contributed by atoms with E-state index in [-0.39, 0.29) is 11.5 Å². The number of anilines is 1. The minimum atomic E-state index is 0.131. The molecule has 0 aliphatic carbocycles. The Morgan fingerprint density at radius 2 is 1.38 bits per heavy atom. The second kappa shape index (κ2) is 6.53. The van der Waals surface area contributed by atoms with Crippen LogP contribution in [0.25, 0.3) is 0 Å². The highest BCUT2D eigenvalue weighted by Gasteiger charge is 2.22. The number of phenolic OH excluding ortho intramolecular Hbond substituents is 2. The van der Waals surface area contributed by atoms with Crippen LogP contribution >= 0.6 is 0 Å². The number of hydrogen-bond donors (Lipinski definition) is 3. The highest BCUT2D eigenvalue weighted by Crippen LogP contribution is 2.39. The molecular formula is C18H23NO2. The van der Waals surface area contributed by atoms with Crippen molar-refractivity contribution in [2.24, 2.45) is 0 Å². The number of phenols is 2. The van der Waals surface area contributed by atoms with Crippen molar-refractivity contribution in [1.29, 1.82) is 0 Å². The Morgan fingerprint density at radius 3 is 1.90 bits per heavy atom. The lowest BCUT2D eigenvalue weighted by Gasteiger charge is -2.26. The van der Waals surface area contributed by atoms with Gasteiger partial charge in [0.2, 0.25) is 0 Å². The van der Waals surface area contributed by atoms with E-state index in [4.69, 9.17) is 5.73 Å². The molecule has 2 atom stereocenters. The third-order valence-corrected chi connectivity index (χ3v) is 4.17. The van der Waals surface area contributed by atoms with Crippen LogP contribution in [0.15, 0.2) is 42.5 Å². The van der Waals surface area contributed by atoms with Crippen molar-refractivity contribution in [2.45, 2.75) is 38.5 Å². The summed E-state index contributed by atoms with van der Waals surface area (Å²) < 4.78 is 0. The molecule has 0 aliphatic heterocycles. The van der Waals surface area contributed by atoms with Crippen molar-refractivity contribution in [2.75, 3.05) is 5.73 Å². The normalized spacial score (nSPS) is 13.8. The van der Waals surface area contributed by atoms with E-state index in [2.05, 4.69) is 13.8 Å². The number of nitrogens with two attached hydrogens (primary N) is 1. The SMILES string of the molecule is CCC(c1ccc(O)cc1)C(CC)c1ccc(O)c(N)c1. The topological polar surface area (TPSA) is 66.5 Å². The van der Waals surface area contributed by atoms with Crippen LogP contribution in [-0.4, -0.2) is 10.2 Å². The smallest absolute Gasteiger partial charge is 0.138 e. The maximum Gasteiger partial charge on any atom is 0.138 e. The molecule has 21 heavy (non-hydrogen) atoms. The number of benzene rings is 2. The fraction of sp³-hybridized carbons (Fsp3) is 0.333. The second-order valence-electron chi connectivity index (χ2n) is 5.44. The summed E-state index contributed by atoms with van der Waals surface area (Å²) in [5.41, 5.74) is 8.62. The first kappa shape index (κ1) is 15.2. The third kappa shape index (κ3) is 3.30. The highest BCUT2D eigenvalue weighted by molar-refractivity contribution is 5.54. The van der Waals surface area contributed by atoms with Crippen molar-refractivity contribution in [3.8, 4) is 11.5 Å². The second-order valence-corrected chi connectivity index (χ2v) is 5.44. The summed E-state index contributed by atoms with van der Waals surface area (Å²) in [6.07, 6.45) is 1.99. The van der Waals surface area contributed by atoms with Crippen molar-refractivity contribution in [1.82, 2.24) is 0 Å². The predicted molar refractivity (Wildman–Crippen MR) is 86.7 cm³/mol. The molecule has 0 spiro atoms. The molecule has 2 aromatic carbocycles. The first-order valence-corrected chi connectivity index (χ1v) is 7.44. The molecule has 3 heteroatoms. The molecule has 112 valence electrons. The van der Waals surface area contributed by atoms with Crippen LogP contribution in [-0.2, 0) is 0 Å². The molecular weight excluding hydrogens is 262 g/mol. The van der Waals surface area contributed by atoms with Crippen LogP contribution in [0.1, 0.15) is 49.7 Å². The van der Waals surface area contributed by atoms with Crippen molar-refractivity contribution < 1.29 is 10.2 Å². The van der Waals surface area contributed by atoms with E-state index in [1.807, 2.05) is 24.3 Å². The molecule has 0 heterocycles. The molecule has 0 fully saturated rings. The zero-order chi connectivity index (χ0) is 15.4. The van der Waals surface area contributed by atoms with Gasteiger partial charge in [0, 0.05) is 0 Å². The van der Waals surface area contributed by atoms with Crippen LogP contribution in [0.2, 0.25) is 0 Å². The Hall–Kier alpha value is -2.16. The van der Waals surface area contributed by atoms with Gasteiger partial charge in [-0.05, 0) is 60.1 Å². The number of hydrogen-bond acceptors (Lipinski definition) is 3. The van der Waals surface area contributed by atoms with Crippen LogP contribution in [0.5, 0.6) is 11.5 Å². The van der Waals surface area contributed by atoms with Gasteiger partial charge in [-0.25, -0.2) is 0 Å². The lowest BCUT2D eigenvalue weighted by Crippen LogP contribution is -2.10. The van der Waals surface area contributed by atoms with Gasteiger partial charge < -0.3 is 15.9 Å². The average Bonchev–Trinajstić information content (AvgIpc) is 2.49. The van der Waals surface area contributed by atoms with Crippen LogP contribution in [0.4, 0.5) is 5.69 Å². The van der Waals surface area contributed by atoms with E-state index >= 15 is 0 Å². The molecule has 0 bridgehead atoms. The lowest BCUT2D eigenvalue weighted by molar-refractivity contribution is 0.471. The summed E-state index contributed by atoms with van der Waals surface area (Å²) in [5.74, 6) is 1.11. The van der Waals surface area contributed by atoms with Crippen molar-refractivity contribution in [3.63, 3.8) is 0 Å². The van der Waals surface area contributed by atoms with Gasteiger partial charge in [0.1, 0.15) is 11.5 Å². The lowest BCUT2D eigenvalue weighted by atomic mass is 9.78. The average molecular weight is 285 g/mol.